The summed E-state index contributed by atoms with van der Waals surface area (Å²) in [6.07, 6.45) is 5.51. The average Bonchev–Trinajstić information content (AvgIpc) is 3.32. The van der Waals surface area contributed by atoms with Crippen molar-refractivity contribution in [3.63, 3.8) is 0 Å². The number of thiophene rings is 1. The normalized spacial score (nSPS) is 11.0. The highest BCUT2D eigenvalue weighted by Gasteiger charge is 2.23. The molecule has 4 nitrogen and oxygen atoms in total. The van der Waals surface area contributed by atoms with Crippen LogP contribution in [0.3, 0.4) is 0 Å². The fourth-order valence-corrected chi connectivity index (χ4v) is 5.26. The van der Waals surface area contributed by atoms with Crippen LogP contribution in [0, 0.1) is 0 Å². The summed E-state index contributed by atoms with van der Waals surface area (Å²) in [4.78, 5) is 25.6. The van der Waals surface area contributed by atoms with E-state index in [1.807, 2.05) is 36.6 Å². The molecule has 0 unspecified atom stereocenters. The first-order chi connectivity index (χ1) is 13.2. The Morgan fingerprint density at radius 1 is 1.19 bits per heavy atom. The number of benzene rings is 1. The zero-order valence-corrected chi connectivity index (χ0v) is 17.5. The van der Waals surface area contributed by atoms with Crippen LogP contribution in [0.1, 0.15) is 15.2 Å². The molecule has 8 heteroatoms. The number of nitrogens with zero attached hydrogens (tertiary/aromatic N) is 3. The van der Waals surface area contributed by atoms with Gasteiger partial charge in [0.05, 0.1) is 26.0 Å². The van der Waals surface area contributed by atoms with Gasteiger partial charge in [0.2, 0.25) is 0 Å². The lowest BCUT2D eigenvalue weighted by atomic mass is 10.2. The Labute approximate surface area is 173 Å². The third kappa shape index (κ3) is 3.87. The Hall–Kier alpha value is -1.93. The summed E-state index contributed by atoms with van der Waals surface area (Å²) in [6, 6.07) is 13.4. The molecule has 0 aliphatic heterocycles. The van der Waals surface area contributed by atoms with Crippen LogP contribution in [0.2, 0.25) is 4.34 Å². The van der Waals surface area contributed by atoms with Crippen molar-refractivity contribution in [2.75, 3.05) is 11.2 Å². The van der Waals surface area contributed by atoms with Gasteiger partial charge in [0, 0.05) is 17.3 Å². The molecular weight excluding hydrogens is 418 g/mol. The number of pyridine rings is 1. The number of para-hydroxylation sites is 1. The Balaban J connectivity index is 1.78. The van der Waals surface area contributed by atoms with Gasteiger partial charge in [0.25, 0.3) is 5.91 Å². The fourth-order valence-electron chi connectivity index (χ4n) is 2.65. The monoisotopic (exact) mass is 431 g/mol. The molecule has 0 aliphatic rings. The number of hydrogen-bond acceptors (Lipinski definition) is 6. The van der Waals surface area contributed by atoms with Gasteiger partial charge in [-0.1, -0.05) is 35.1 Å². The molecule has 4 rings (SSSR count). The van der Waals surface area contributed by atoms with E-state index in [-0.39, 0.29) is 5.91 Å². The number of anilines is 1. The van der Waals surface area contributed by atoms with Crippen molar-refractivity contribution in [3.8, 4) is 0 Å². The lowest BCUT2D eigenvalue weighted by Crippen LogP contribution is -2.29. The summed E-state index contributed by atoms with van der Waals surface area (Å²) in [5.41, 5.74) is 1.87. The number of rotatable bonds is 5. The first-order valence-electron chi connectivity index (χ1n) is 8.05. The minimum atomic E-state index is -0.111. The quantitative estimate of drug-likeness (QED) is 0.365. The summed E-state index contributed by atoms with van der Waals surface area (Å²) < 4.78 is 1.65. The van der Waals surface area contributed by atoms with Gasteiger partial charge in [-0.05, 0) is 42.2 Å². The molecule has 27 heavy (non-hydrogen) atoms. The van der Waals surface area contributed by atoms with Gasteiger partial charge in [0.15, 0.2) is 5.13 Å². The van der Waals surface area contributed by atoms with Crippen LogP contribution >= 0.6 is 46.0 Å². The highest BCUT2D eigenvalue weighted by Crippen LogP contribution is 2.36. The molecule has 3 aromatic heterocycles. The van der Waals surface area contributed by atoms with Gasteiger partial charge in [-0.2, -0.15) is 0 Å². The van der Waals surface area contributed by atoms with Gasteiger partial charge in [-0.3, -0.25) is 14.7 Å². The van der Waals surface area contributed by atoms with Crippen LogP contribution in [0.15, 0.2) is 59.8 Å². The SMILES string of the molecule is CSc1cccc2sc(N(Cc3cccnc3)C(=O)c3ccc(Cl)s3)nc12. The summed E-state index contributed by atoms with van der Waals surface area (Å²) >= 11 is 10.5. The molecule has 0 radical (unpaired) electrons. The van der Waals surface area contributed by atoms with Crippen molar-refractivity contribution < 1.29 is 4.79 Å². The molecule has 4 aromatic rings. The minimum Gasteiger partial charge on any atom is -0.279 e. The number of halogens is 1. The zero-order chi connectivity index (χ0) is 18.8. The number of aromatic nitrogens is 2. The van der Waals surface area contributed by atoms with Crippen molar-refractivity contribution >= 4 is 67.3 Å². The van der Waals surface area contributed by atoms with Crippen molar-refractivity contribution in [3.05, 3.63) is 69.6 Å². The predicted molar refractivity (Wildman–Crippen MR) is 115 cm³/mol. The molecule has 0 spiro atoms. The molecule has 0 bridgehead atoms. The topological polar surface area (TPSA) is 46.1 Å². The summed E-state index contributed by atoms with van der Waals surface area (Å²) in [7, 11) is 0. The maximum atomic E-state index is 13.2. The van der Waals surface area contributed by atoms with Crippen molar-refractivity contribution in [2.24, 2.45) is 0 Å². The molecule has 0 fully saturated rings. The second-order valence-electron chi connectivity index (χ2n) is 5.66. The molecule has 0 atom stereocenters. The highest BCUT2D eigenvalue weighted by molar-refractivity contribution is 7.98. The van der Waals surface area contributed by atoms with E-state index in [2.05, 4.69) is 4.98 Å². The third-order valence-electron chi connectivity index (χ3n) is 3.91. The number of thioether (sulfide) groups is 1. The lowest BCUT2D eigenvalue weighted by Gasteiger charge is -2.19. The molecule has 1 amide bonds. The fraction of sp³-hybridized carbons (Fsp3) is 0.105. The molecule has 3 heterocycles. The number of hydrogen-bond donors (Lipinski definition) is 0. The maximum absolute atomic E-state index is 13.2. The van der Waals surface area contributed by atoms with Crippen molar-refractivity contribution in [1.82, 2.24) is 9.97 Å². The van der Waals surface area contributed by atoms with E-state index >= 15 is 0 Å². The Morgan fingerprint density at radius 2 is 2.07 bits per heavy atom. The van der Waals surface area contributed by atoms with Gasteiger partial charge in [-0.25, -0.2) is 4.98 Å². The number of carbonyl (C=O) groups is 1. The lowest BCUT2D eigenvalue weighted by molar-refractivity contribution is 0.0989. The van der Waals surface area contributed by atoms with Crippen LogP contribution in [-0.4, -0.2) is 22.1 Å². The van der Waals surface area contributed by atoms with E-state index in [0.29, 0.717) is 20.9 Å². The molecule has 136 valence electrons. The largest absolute Gasteiger partial charge is 0.279 e. The predicted octanol–water partition coefficient (Wildman–Crippen LogP) is 5.98. The zero-order valence-electron chi connectivity index (χ0n) is 14.3. The van der Waals surface area contributed by atoms with E-state index in [0.717, 1.165) is 20.7 Å². The number of thiazole rings is 1. The third-order valence-corrected chi connectivity index (χ3v) is 6.95. The maximum Gasteiger partial charge on any atom is 0.270 e. The van der Waals surface area contributed by atoms with E-state index < -0.39 is 0 Å². The van der Waals surface area contributed by atoms with Gasteiger partial charge < -0.3 is 0 Å². The van der Waals surface area contributed by atoms with Crippen molar-refractivity contribution in [2.45, 2.75) is 11.4 Å². The Bertz CT molecular complexity index is 1090. The van der Waals surface area contributed by atoms with Crippen LogP contribution in [0.5, 0.6) is 0 Å². The smallest absolute Gasteiger partial charge is 0.270 e. The number of fused-ring (bicyclic) bond motifs is 1. The van der Waals surface area contributed by atoms with Gasteiger partial charge in [0.1, 0.15) is 0 Å². The van der Waals surface area contributed by atoms with Gasteiger partial charge >= 0.3 is 0 Å². The number of amides is 1. The summed E-state index contributed by atoms with van der Waals surface area (Å²) in [5, 5.41) is 0.671. The number of carbonyl (C=O) groups excluding carboxylic acids is 1. The first-order valence-corrected chi connectivity index (χ1v) is 11.3. The molecule has 0 aliphatic carbocycles. The molecule has 0 N–H and O–H groups in total. The van der Waals surface area contributed by atoms with E-state index in [1.165, 1.54) is 22.7 Å². The second-order valence-corrected chi connectivity index (χ2v) is 9.23. The van der Waals surface area contributed by atoms with E-state index in [4.69, 9.17) is 16.6 Å². The van der Waals surface area contributed by atoms with E-state index in [9.17, 15) is 4.79 Å². The Kier molecular flexibility index (Phi) is 5.45. The Morgan fingerprint density at radius 3 is 2.78 bits per heavy atom. The van der Waals surface area contributed by atoms with Crippen molar-refractivity contribution in [1.29, 1.82) is 0 Å². The second kappa shape index (κ2) is 7.98. The summed E-state index contributed by atoms with van der Waals surface area (Å²) in [6.45, 7) is 0.399. The van der Waals surface area contributed by atoms with Gasteiger partial charge in [-0.15, -0.1) is 23.1 Å². The highest BCUT2D eigenvalue weighted by atomic mass is 35.5. The molecule has 0 saturated heterocycles. The first kappa shape index (κ1) is 18.4. The van der Waals surface area contributed by atoms with Crippen LogP contribution in [0.4, 0.5) is 5.13 Å². The minimum absolute atomic E-state index is 0.111. The average molecular weight is 432 g/mol. The molecular formula is C19H14ClN3OS3. The molecule has 1 aromatic carbocycles. The van der Waals surface area contributed by atoms with Crippen LogP contribution in [0.25, 0.3) is 10.2 Å². The van der Waals surface area contributed by atoms with Crippen LogP contribution in [-0.2, 0) is 6.54 Å². The standard InChI is InChI=1S/C19H14ClN3OS3/c1-25-13-5-2-6-14-17(13)22-19(27-14)23(11-12-4-3-9-21-10-12)18(24)15-7-8-16(20)26-15/h2-10H,11H2,1H3. The summed E-state index contributed by atoms with van der Waals surface area (Å²) in [5.74, 6) is -0.111. The van der Waals surface area contributed by atoms with Crippen LogP contribution < -0.4 is 4.90 Å². The van der Waals surface area contributed by atoms with E-state index in [1.54, 1.807) is 41.2 Å². The molecule has 0 saturated carbocycles.